The Morgan fingerprint density at radius 1 is 1.06 bits per heavy atom. The molecule has 5 heterocycles. The Morgan fingerprint density at radius 3 is 2.62 bits per heavy atom. The summed E-state index contributed by atoms with van der Waals surface area (Å²) in [5, 5.41) is 7.14. The summed E-state index contributed by atoms with van der Waals surface area (Å²) in [6, 6.07) is 16.4. The quantitative estimate of drug-likeness (QED) is 0.212. The molecule has 1 amide bonds. The molecule has 10 heteroatoms. The van der Waals surface area contributed by atoms with Crippen LogP contribution in [0.4, 0.5) is 11.5 Å². The van der Waals surface area contributed by atoms with Gasteiger partial charge >= 0.3 is 0 Å². The number of aryl methyl sites for hydroxylation is 1. The average Bonchev–Trinajstić information content (AvgIpc) is 3.69. The van der Waals surface area contributed by atoms with E-state index in [0.717, 1.165) is 76.4 Å². The average molecular weight is 650 g/mol. The van der Waals surface area contributed by atoms with E-state index in [2.05, 4.69) is 49.6 Å². The van der Waals surface area contributed by atoms with Crippen molar-refractivity contribution in [2.24, 2.45) is 7.05 Å². The fourth-order valence-electron chi connectivity index (χ4n) is 7.07. The second-order valence-electron chi connectivity index (χ2n) is 12.7. The lowest BCUT2D eigenvalue weighted by atomic mass is 10.0. The molecule has 2 aromatic carbocycles. The van der Waals surface area contributed by atoms with Crippen LogP contribution >= 0.6 is 11.3 Å². The molecule has 2 aliphatic heterocycles. The van der Waals surface area contributed by atoms with E-state index in [4.69, 9.17) is 10.5 Å². The van der Waals surface area contributed by atoms with Gasteiger partial charge in [0.25, 0.3) is 5.91 Å². The number of carbonyl (C=O) groups is 1. The van der Waals surface area contributed by atoms with E-state index < -0.39 is 0 Å². The minimum Gasteiger partial charge on any atom is -0.495 e. The van der Waals surface area contributed by atoms with Crippen molar-refractivity contribution in [1.29, 1.82) is 0 Å². The highest BCUT2D eigenvalue weighted by Gasteiger charge is 2.26. The molecule has 2 fully saturated rings. The second kappa shape index (κ2) is 13.5. The molecule has 3 aromatic heterocycles. The molecule has 0 atom stereocenters. The predicted octanol–water partition coefficient (Wildman–Crippen LogP) is 6.02. The summed E-state index contributed by atoms with van der Waals surface area (Å²) in [6.45, 7) is 7.87. The highest BCUT2D eigenvalue weighted by atomic mass is 32.1. The van der Waals surface area contributed by atoms with Crippen LogP contribution in [0.3, 0.4) is 0 Å². The van der Waals surface area contributed by atoms with Gasteiger partial charge in [-0.1, -0.05) is 36.4 Å². The zero-order valence-electron chi connectivity index (χ0n) is 27.4. The second-order valence-corrected chi connectivity index (χ2v) is 13.6. The number of rotatable bonds is 8. The first-order valence-electron chi connectivity index (χ1n) is 16.4. The van der Waals surface area contributed by atoms with Crippen LogP contribution in [0.2, 0.25) is 0 Å². The maximum atomic E-state index is 13.3. The van der Waals surface area contributed by atoms with E-state index in [9.17, 15) is 4.79 Å². The Morgan fingerprint density at radius 2 is 1.85 bits per heavy atom. The van der Waals surface area contributed by atoms with Crippen LogP contribution in [-0.4, -0.2) is 96.2 Å². The lowest BCUT2D eigenvalue weighted by Crippen LogP contribution is -2.52. The maximum absolute atomic E-state index is 13.3. The fraction of sp³-hybridized carbons (Fsp3) is 0.351. The zero-order chi connectivity index (χ0) is 32.5. The van der Waals surface area contributed by atoms with Crippen molar-refractivity contribution in [3.8, 4) is 16.9 Å². The number of methoxy groups -OCH3 is 1. The van der Waals surface area contributed by atoms with Crippen molar-refractivity contribution in [1.82, 2.24) is 24.3 Å². The van der Waals surface area contributed by atoms with Gasteiger partial charge in [-0.25, -0.2) is 4.98 Å². The molecule has 47 heavy (non-hydrogen) atoms. The van der Waals surface area contributed by atoms with Gasteiger partial charge < -0.3 is 25.3 Å². The number of hydrogen-bond acceptors (Lipinski definition) is 8. The van der Waals surface area contributed by atoms with Gasteiger partial charge in [-0.2, -0.15) is 0 Å². The monoisotopic (exact) mass is 649 g/mol. The lowest BCUT2D eigenvalue weighted by molar-refractivity contribution is 0.0691. The Balaban J connectivity index is 1.05. The van der Waals surface area contributed by atoms with Crippen molar-refractivity contribution in [2.45, 2.75) is 18.9 Å². The van der Waals surface area contributed by atoms with Crippen LogP contribution < -0.4 is 15.8 Å². The Hall–Kier alpha value is -4.22. The van der Waals surface area contributed by atoms with E-state index in [0.29, 0.717) is 22.9 Å². The summed E-state index contributed by atoms with van der Waals surface area (Å²) in [4.78, 5) is 25.6. The van der Waals surface area contributed by atoms with Crippen molar-refractivity contribution in [2.75, 3.05) is 71.0 Å². The van der Waals surface area contributed by atoms with Gasteiger partial charge in [0.15, 0.2) is 0 Å². The molecule has 5 aromatic rings. The number of nitrogens with zero attached hydrogens (tertiary/aromatic N) is 5. The Bertz CT molecular complexity index is 1930. The molecule has 2 saturated heterocycles. The van der Waals surface area contributed by atoms with Gasteiger partial charge in [-0.3, -0.25) is 14.6 Å². The van der Waals surface area contributed by atoms with Crippen molar-refractivity contribution < 1.29 is 9.53 Å². The van der Waals surface area contributed by atoms with Gasteiger partial charge in [-0.15, -0.1) is 11.3 Å². The summed E-state index contributed by atoms with van der Waals surface area (Å²) >= 11 is 1.67. The van der Waals surface area contributed by atoms with Crippen molar-refractivity contribution >= 4 is 55.8 Å². The third kappa shape index (κ3) is 6.38. The van der Waals surface area contributed by atoms with Gasteiger partial charge in [0.1, 0.15) is 17.3 Å². The minimum absolute atomic E-state index is 0.195. The van der Waals surface area contributed by atoms with Crippen LogP contribution in [0.1, 0.15) is 28.9 Å². The molecule has 0 unspecified atom stereocenters. The number of carbonyl (C=O) groups excluding carboxylic acids is 1. The molecule has 244 valence electrons. The molecular formula is C37H43N7O2S. The number of pyridine rings is 1. The molecular weight excluding hydrogens is 607 g/mol. The number of fused-ring (bicyclic) bond motifs is 2. The summed E-state index contributed by atoms with van der Waals surface area (Å²) < 4.78 is 8.76. The first kappa shape index (κ1) is 31.4. The number of para-hydroxylation sites is 1. The van der Waals surface area contributed by atoms with Crippen LogP contribution in [0.5, 0.6) is 5.75 Å². The molecule has 0 saturated carbocycles. The van der Waals surface area contributed by atoms with E-state index in [1.54, 1.807) is 18.4 Å². The Kier molecular flexibility index (Phi) is 9.00. The van der Waals surface area contributed by atoms with Gasteiger partial charge in [0.2, 0.25) is 0 Å². The van der Waals surface area contributed by atoms with E-state index in [1.165, 1.54) is 25.9 Å². The number of aromatic nitrogens is 2. The SMILES string of the molecule is COc1cc(-c2csc3c(/C=C/CN4CCN(C5CCN(C)CC5)CC4)cnc(N)c23)ccc1NC(=O)c1cc2ccccc2n1C. The van der Waals surface area contributed by atoms with Crippen LogP contribution in [0, 0.1) is 0 Å². The summed E-state index contributed by atoms with van der Waals surface area (Å²) in [6.07, 6.45) is 8.90. The highest BCUT2D eigenvalue weighted by molar-refractivity contribution is 7.18. The number of anilines is 2. The number of nitrogens with one attached hydrogen (secondary N) is 1. The summed E-state index contributed by atoms with van der Waals surface area (Å²) in [5.41, 5.74) is 11.7. The van der Waals surface area contributed by atoms with Crippen molar-refractivity contribution in [3.05, 3.63) is 77.4 Å². The number of benzene rings is 2. The smallest absolute Gasteiger partial charge is 0.272 e. The number of ether oxygens (including phenoxy) is 1. The van der Waals surface area contributed by atoms with E-state index in [-0.39, 0.29) is 5.91 Å². The number of nitrogen functional groups attached to an aromatic ring is 1. The summed E-state index contributed by atoms with van der Waals surface area (Å²) in [7, 11) is 5.75. The number of likely N-dealkylation sites (tertiary alicyclic amines) is 1. The molecule has 0 radical (unpaired) electrons. The maximum Gasteiger partial charge on any atom is 0.272 e. The minimum atomic E-state index is -0.195. The third-order valence-corrected chi connectivity index (χ3v) is 10.9. The number of piperazine rings is 1. The van der Waals surface area contributed by atoms with Gasteiger partial charge in [-0.05, 0) is 68.2 Å². The molecule has 0 spiro atoms. The molecule has 0 bridgehead atoms. The van der Waals surface area contributed by atoms with E-state index >= 15 is 0 Å². The largest absolute Gasteiger partial charge is 0.495 e. The number of amides is 1. The van der Waals surface area contributed by atoms with E-state index in [1.807, 2.05) is 66.3 Å². The number of piperidine rings is 1. The third-order valence-electron chi connectivity index (χ3n) is 9.87. The number of nitrogens with two attached hydrogens (primary N) is 1. The number of thiophene rings is 1. The lowest BCUT2D eigenvalue weighted by Gasteiger charge is -2.42. The van der Waals surface area contributed by atoms with Gasteiger partial charge in [0.05, 0.1) is 12.8 Å². The molecule has 9 nitrogen and oxygen atoms in total. The normalized spacial score (nSPS) is 17.3. The first-order chi connectivity index (χ1) is 22.9. The number of hydrogen-bond donors (Lipinski definition) is 2. The van der Waals surface area contributed by atoms with Crippen LogP contribution in [0.25, 0.3) is 38.2 Å². The van der Waals surface area contributed by atoms with Crippen LogP contribution in [-0.2, 0) is 7.05 Å². The predicted molar refractivity (Wildman–Crippen MR) is 194 cm³/mol. The zero-order valence-corrected chi connectivity index (χ0v) is 28.2. The van der Waals surface area contributed by atoms with Gasteiger partial charge in [0, 0.05) is 84.1 Å². The molecule has 2 aliphatic rings. The Labute approximate surface area is 280 Å². The highest BCUT2D eigenvalue weighted by Crippen LogP contribution is 2.41. The first-order valence-corrected chi connectivity index (χ1v) is 17.3. The topological polar surface area (TPSA) is 91.9 Å². The molecule has 7 rings (SSSR count). The molecule has 0 aliphatic carbocycles. The summed E-state index contributed by atoms with van der Waals surface area (Å²) in [5.74, 6) is 0.887. The standard InChI is InChI=1S/C37H43N7O2S/c1-41-15-12-28(13-16-41)44-19-17-43(18-20-44)14-6-8-27-23-39-36(38)34-29(24-47-35(27)34)25-10-11-30(33(22-25)46-3)40-37(45)32-21-26-7-4-5-9-31(26)42(32)2/h4-11,21-24,28H,12-20H2,1-3H3,(H2,38,39)(H,40,45)/b8-6+. The van der Waals surface area contributed by atoms with Crippen LogP contribution in [0.15, 0.2) is 66.2 Å². The molecule has 3 N–H and O–H groups in total. The fourth-order valence-corrected chi connectivity index (χ4v) is 8.15. The van der Waals surface area contributed by atoms with Crippen molar-refractivity contribution in [3.63, 3.8) is 0 Å².